The van der Waals surface area contributed by atoms with E-state index >= 15 is 0 Å². The van der Waals surface area contributed by atoms with Crippen LogP contribution in [0, 0.1) is 12.2 Å². The minimum Gasteiger partial charge on any atom is -1.00 e. The Kier molecular flexibility index (Phi) is 17.9. The Labute approximate surface area is 109 Å². The molecule has 0 N–H and O–H groups in total. The van der Waals surface area contributed by atoms with Gasteiger partial charge in [-0.15, -0.1) is 12.8 Å². The Bertz CT molecular complexity index is 169. The van der Waals surface area contributed by atoms with Crippen molar-refractivity contribution in [1.29, 1.82) is 0 Å². The second-order valence-corrected chi connectivity index (χ2v) is 3.74. The van der Waals surface area contributed by atoms with Crippen molar-refractivity contribution in [2.45, 2.75) is 25.9 Å². The minimum atomic E-state index is 0. The van der Waals surface area contributed by atoms with E-state index in [-0.39, 0.29) is 24.6 Å². The summed E-state index contributed by atoms with van der Waals surface area (Å²) < 4.78 is 0. The van der Waals surface area contributed by atoms with E-state index in [9.17, 15) is 0 Å². The van der Waals surface area contributed by atoms with Crippen molar-refractivity contribution in [2.24, 2.45) is 0 Å². The van der Waals surface area contributed by atoms with E-state index in [4.69, 9.17) is 0 Å². The summed E-state index contributed by atoms with van der Waals surface area (Å²) in [5.74, 6) is 0. The first kappa shape index (κ1) is 16.3. The summed E-state index contributed by atoms with van der Waals surface area (Å²) in [5.41, 5.74) is 0. The fourth-order valence-corrected chi connectivity index (χ4v) is 0.680. The maximum absolute atomic E-state index is 2.99. The van der Waals surface area contributed by atoms with Crippen LogP contribution in [0.2, 0.25) is 13.1 Å². The van der Waals surface area contributed by atoms with Crippen LogP contribution in [0.25, 0.3) is 0 Å². The molecule has 0 saturated carbocycles. The molecule has 0 aromatic rings. The van der Waals surface area contributed by atoms with E-state index in [1.165, 1.54) is 0 Å². The predicted molar refractivity (Wildman–Crippen MR) is 64.2 cm³/mol. The van der Waals surface area contributed by atoms with Gasteiger partial charge < -0.3 is 2.85 Å². The van der Waals surface area contributed by atoms with Crippen molar-refractivity contribution < 1.29 is 24.6 Å². The van der Waals surface area contributed by atoms with Gasteiger partial charge in [-0.25, -0.2) is 24.3 Å². The third-order valence-corrected chi connectivity index (χ3v) is 1.17. The van der Waals surface area contributed by atoms with E-state index in [1.54, 1.807) is 0 Å². The van der Waals surface area contributed by atoms with Crippen molar-refractivity contribution in [3.63, 3.8) is 0 Å². The van der Waals surface area contributed by atoms with Crippen molar-refractivity contribution in [2.75, 3.05) is 0 Å². The summed E-state index contributed by atoms with van der Waals surface area (Å²) in [4.78, 5) is 0. The van der Waals surface area contributed by atoms with Crippen LogP contribution in [0.4, 0.5) is 0 Å². The van der Waals surface area contributed by atoms with Gasteiger partial charge in [0.1, 0.15) is 0 Å². The molecule has 0 atom stereocenters. The van der Waals surface area contributed by atoms with Crippen LogP contribution in [0.1, 0.15) is 15.7 Å². The van der Waals surface area contributed by atoms with Crippen molar-refractivity contribution in [3.05, 3.63) is 48.6 Å². The molecule has 0 saturated heterocycles. The summed E-state index contributed by atoms with van der Waals surface area (Å²) in [7, 11) is 0.750. The molecule has 77 valence electrons. The van der Waals surface area contributed by atoms with Crippen LogP contribution in [-0.2, 0) is 21.7 Å². The van der Waals surface area contributed by atoms with Gasteiger partial charge in [-0.1, -0.05) is 13.1 Å². The number of allylic oxidation sites excluding steroid dienone is 8. The zero-order valence-electron chi connectivity index (χ0n) is 11.0. The zero-order chi connectivity index (χ0) is 9.78. The van der Waals surface area contributed by atoms with Crippen LogP contribution in [-0.4, -0.2) is 9.52 Å². The molecule has 0 bridgehead atoms. The molecule has 0 aliphatic heterocycles. The normalized spacial score (nSPS) is 13.9. The van der Waals surface area contributed by atoms with Crippen molar-refractivity contribution >= 4 is 9.52 Å². The van der Waals surface area contributed by atoms with E-state index in [1.807, 2.05) is 24.3 Å². The van der Waals surface area contributed by atoms with Gasteiger partial charge in [0.2, 0.25) is 0 Å². The molecule has 0 aromatic heterocycles. The summed E-state index contributed by atoms with van der Waals surface area (Å²) in [6.07, 6.45) is 20.0. The third kappa shape index (κ3) is 14.4. The first-order valence-corrected chi connectivity index (χ1v) is 6.90. The maximum atomic E-state index is 2.99. The molecule has 2 aliphatic rings. The summed E-state index contributed by atoms with van der Waals surface area (Å²) >= 11 is 0. The number of hydrogen-bond acceptors (Lipinski definition) is 0. The van der Waals surface area contributed by atoms with Crippen molar-refractivity contribution in [3.8, 4) is 0 Å². The van der Waals surface area contributed by atoms with Crippen LogP contribution >= 0.6 is 0 Å². The van der Waals surface area contributed by atoms with Gasteiger partial charge in [0.05, 0.1) is 0 Å². The molecule has 0 spiro atoms. The van der Waals surface area contributed by atoms with Crippen LogP contribution in [0.3, 0.4) is 0 Å². The summed E-state index contributed by atoms with van der Waals surface area (Å²) in [6, 6.07) is 0. The molecule has 0 aromatic carbocycles. The predicted octanol–water partition coefficient (Wildman–Crippen LogP) is 3.35. The van der Waals surface area contributed by atoms with E-state index in [2.05, 4.69) is 37.4 Å². The molecule has 2 heteroatoms. The Morgan fingerprint density at radius 2 is 1.36 bits per heavy atom. The standard InChI is InChI=1S/2C5H5.C2H7Si.Ti.2H/c2*1-2-4-5-3-1;1-3-2;;;/h2*1-3H,4H2;3H,1-2H3;;;/q2*-1;;+2;2*-1. The monoisotopic (exact) mass is 239 g/mol. The van der Waals surface area contributed by atoms with Gasteiger partial charge in [0.15, 0.2) is 0 Å². The van der Waals surface area contributed by atoms with Gasteiger partial charge in [0, 0.05) is 9.52 Å². The molecule has 0 heterocycles. The Morgan fingerprint density at radius 1 is 1.00 bits per heavy atom. The molecule has 14 heavy (non-hydrogen) atoms. The molecular formula is C12H19SiTi-2. The SMILES string of the molecule is C[SiH]C.[C-]1=CC=CC1.[C-]1=CC=CC1.[H-].[H-].[Ti+2]. The van der Waals surface area contributed by atoms with Crippen molar-refractivity contribution in [1.82, 2.24) is 0 Å². The summed E-state index contributed by atoms with van der Waals surface area (Å²) in [5, 5.41) is 0. The van der Waals surface area contributed by atoms with Gasteiger partial charge >= 0.3 is 21.7 Å². The van der Waals surface area contributed by atoms with Gasteiger partial charge in [-0.3, -0.25) is 12.2 Å². The second kappa shape index (κ2) is 15.4. The molecule has 2 rings (SSSR count). The number of rotatable bonds is 0. The van der Waals surface area contributed by atoms with Crippen LogP contribution in [0.5, 0.6) is 0 Å². The quantitative estimate of drug-likeness (QED) is 0.449. The van der Waals surface area contributed by atoms with Crippen LogP contribution in [0.15, 0.2) is 36.5 Å². The smallest absolute Gasteiger partial charge is 1.00 e. The Balaban J connectivity index is -0.0000000638. The first-order chi connectivity index (χ1) is 6.41. The van der Waals surface area contributed by atoms with Crippen LogP contribution < -0.4 is 0 Å². The molecule has 0 fully saturated rings. The Hall–Kier alpha value is -0.109. The topological polar surface area (TPSA) is 0 Å². The van der Waals surface area contributed by atoms with E-state index in [0.717, 1.165) is 22.4 Å². The summed E-state index contributed by atoms with van der Waals surface area (Å²) in [6.45, 7) is 4.42. The fraction of sp³-hybridized carbons (Fsp3) is 0.333. The molecule has 2 aliphatic carbocycles. The molecule has 0 amide bonds. The van der Waals surface area contributed by atoms with E-state index in [0.29, 0.717) is 0 Å². The minimum absolute atomic E-state index is 0. The zero-order valence-corrected chi connectivity index (χ0v) is 11.7. The maximum Gasteiger partial charge on any atom is 2.00 e. The van der Waals surface area contributed by atoms with Gasteiger partial charge in [-0.05, 0) is 0 Å². The molecule has 1 radical (unpaired) electrons. The number of hydrogen-bond donors (Lipinski definition) is 0. The average molecular weight is 239 g/mol. The third-order valence-electron chi connectivity index (χ3n) is 1.17. The van der Waals surface area contributed by atoms with E-state index < -0.39 is 0 Å². The average Bonchev–Trinajstić information content (AvgIpc) is 2.85. The first-order valence-electron chi connectivity index (χ1n) is 4.59. The van der Waals surface area contributed by atoms with Gasteiger partial charge in [-0.2, -0.15) is 12.2 Å². The largest absolute Gasteiger partial charge is 2.00 e. The van der Waals surface area contributed by atoms with Gasteiger partial charge in [0.25, 0.3) is 0 Å². The Morgan fingerprint density at radius 3 is 1.43 bits per heavy atom. The molecule has 0 unspecified atom stereocenters. The molecule has 0 nitrogen and oxygen atoms in total. The molecular weight excluding hydrogens is 220 g/mol. The fourth-order valence-electron chi connectivity index (χ4n) is 0.680. The second-order valence-electron chi connectivity index (χ2n) is 2.58.